The quantitative estimate of drug-likeness (QED) is 0.542. The van der Waals surface area contributed by atoms with Crippen molar-refractivity contribution in [2.75, 3.05) is 6.54 Å². The second-order valence-corrected chi connectivity index (χ2v) is 7.02. The van der Waals surface area contributed by atoms with E-state index in [-0.39, 0.29) is 6.54 Å². The molecule has 4 aromatic rings. The summed E-state index contributed by atoms with van der Waals surface area (Å²) in [4.78, 5) is 25.0. The van der Waals surface area contributed by atoms with Crippen molar-refractivity contribution in [2.24, 2.45) is 0 Å². The minimum absolute atomic E-state index is 0.170. The van der Waals surface area contributed by atoms with Crippen molar-refractivity contribution in [3.8, 4) is 0 Å². The van der Waals surface area contributed by atoms with Gasteiger partial charge >= 0.3 is 6.18 Å². The highest BCUT2D eigenvalue weighted by Crippen LogP contribution is 2.37. The number of aryl methyl sites for hydroxylation is 1. The number of hydrogen-bond donors (Lipinski definition) is 1. The van der Waals surface area contributed by atoms with Gasteiger partial charge in [0.1, 0.15) is 6.04 Å². The Kier molecular flexibility index (Phi) is 3.95. The Hall–Kier alpha value is -3.63. The fraction of sp³-hybridized carbons (Fsp3) is 0.263. The van der Waals surface area contributed by atoms with E-state index in [0.717, 1.165) is 16.9 Å². The first-order valence-electron chi connectivity index (χ1n) is 9.13. The molecule has 4 aromatic heterocycles. The highest BCUT2D eigenvalue weighted by molar-refractivity contribution is 5.93. The normalized spacial score (nSPS) is 16.8. The zero-order valence-electron chi connectivity index (χ0n) is 15.6. The summed E-state index contributed by atoms with van der Waals surface area (Å²) in [7, 11) is 0. The molecule has 5 heterocycles. The highest BCUT2D eigenvalue weighted by Gasteiger charge is 2.44. The fourth-order valence-electron chi connectivity index (χ4n) is 3.83. The lowest BCUT2D eigenvalue weighted by Gasteiger charge is -2.33. The number of rotatable bonds is 2. The van der Waals surface area contributed by atoms with Crippen LogP contribution in [0.5, 0.6) is 0 Å². The molecule has 8 nitrogen and oxygen atoms in total. The predicted molar refractivity (Wildman–Crippen MR) is 96.6 cm³/mol. The third-order valence-corrected chi connectivity index (χ3v) is 5.19. The van der Waals surface area contributed by atoms with Crippen LogP contribution >= 0.6 is 0 Å². The number of aromatic amines is 1. The lowest BCUT2D eigenvalue weighted by atomic mass is 9.99. The highest BCUT2D eigenvalue weighted by atomic mass is 19.4. The smallest absolute Gasteiger partial charge is 0.437 e. The monoisotopic (exact) mass is 416 g/mol. The molecule has 0 bridgehead atoms. The number of alkyl halides is 3. The second-order valence-electron chi connectivity index (χ2n) is 7.02. The number of H-pyrrole nitrogens is 1. The summed E-state index contributed by atoms with van der Waals surface area (Å²) in [5, 5.41) is 4.60. The standard InChI is InChI=1S/C19H15F3N6O2/c1-10-3-2-4-11-7-13(26-28(10)11)15-14-12(23-8-24-14)5-6-27(15)18(29)16-17(19(20,21)22)25-9-30-16/h2-4,7-9,15H,5-6H2,1H3,(H,23,24). The van der Waals surface area contributed by atoms with Crippen LogP contribution in [0, 0.1) is 6.92 Å². The zero-order valence-corrected chi connectivity index (χ0v) is 15.6. The minimum Gasteiger partial charge on any atom is -0.438 e. The first-order chi connectivity index (χ1) is 14.3. The zero-order chi connectivity index (χ0) is 21.0. The van der Waals surface area contributed by atoms with Crippen LogP contribution in [0.25, 0.3) is 5.52 Å². The molecular formula is C19H15F3N6O2. The molecule has 154 valence electrons. The molecule has 1 amide bonds. The molecule has 30 heavy (non-hydrogen) atoms. The average molecular weight is 416 g/mol. The molecular weight excluding hydrogens is 401 g/mol. The second kappa shape index (κ2) is 6.44. The van der Waals surface area contributed by atoms with Crippen LogP contribution in [0.1, 0.15) is 45.1 Å². The van der Waals surface area contributed by atoms with E-state index in [0.29, 0.717) is 24.2 Å². The Morgan fingerprint density at radius 3 is 2.90 bits per heavy atom. The number of carbonyl (C=O) groups excluding carboxylic acids is 1. The van der Waals surface area contributed by atoms with Gasteiger partial charge < -0.3 is 14.3 Å². The Morgan fingerprint density at radius 2 is 2.13 bits per heavy atom. The largest absolute Gasteiger partial charge is 0.438 e. The summed E-state index contributed by atoms with van der Waals surface area (Å²) in [6.07, 6.45) is -2.26. The van der Waals surface area contributed by atoms with Gasteiger partial charge in [-0.2, -0.15) is 18.3 Å². The van der Waals surface area contributed by atoms with Gasteiger partial charge in [-0.05, 0) is 25.1 Å². The molecule has 1 N–H and O–H groups in total. The topological polar surface area (TPSA) is 92.3 Å². The number of imidazole rings is 1. The fourth-order valence-corrected chi connectivity index (χ4v) is 3.83. The number of carbonyl (C=O) groups is 1. The number of aromatic nitrogens is 5. The summed E-state index contributed by atoms with van der Waals surface area (Å²) in [6.45, 7) is 2.06. The predicted octanol–water partition coefficient (Wildman–Crippen LogP) is 3.16. The maximum atomic E-state index is 13.3. The van der Waals surface area contributed by atoms with Gasteiger partial charge in [0, 0.05) is 24.4 Å². The van der Waals surface area contributed by atoms with Crippen molar-refractivity contribution in [2.45, 2.75) is 25.6 Å². The van der Waals surface area contributed by atoms with Gasteiger partial charge in [0.25, 0.3) is 5.91 Å². The first-order valence-corrected chi connectivity index (χ1v) is 9.13. The van der Waals surface area contributed by atoms with Crippen molar-refractivity contribution in [3.05, 3.63) is 71.2 Å². The van der Waals surface area contributed by atoms with E-state index in [1.165, 1.54) is 11.2 Å². The van der Waals surface area contributed by atoms with Crippen molar-refractivity contribution >= 4 is 11.4 Å². The van der Waals surface area contributed by atoms with Gasteiger partial charge in [0.15, 0.2) is 12.1 Å². The summed E-state index contributed by atoms with van der Waals surface area (Å²) >= 11 is 0. The van der Waals surface area contributed by atoms with E-state index in [2.05, 4.69) is 20.1 Å². The molecule has 5 rings (SSSR count). The van der Waals surface area contributed by atoms with E-state index >= 15 is 0 Å². The summed E-state index contributed by atoms with van der Waals surface area (Å²) < 4.78 is 46.4. The third-order valence-electron chi connectivity index (χ3n) is 5.19. The number of amides is 1. The molecule has 0 saturated heterocycles. The Bertz CT molecular complexity index is 1250. The van der Waals surface area contributed by atoms with Crippen LogP contribution in [-0.2, 0) is 12.6 Å². The third kappa shape index (κ3) is 2.77. The van der Waals surface area contributed by atoms with Crippen LogP contribution in [0.15, 0.2) is 41.4 Å². The molecule has 1 unspecified atom stereocenters. The van der Waals surface area contributed by atoms with E-state index < -0.39 is 29.6 Å². The average Bonchev–Trinajstić information content (AvgIpc) is 3.44. The first kappa shape index (κ1) is 18.4. The molecule has 11 heteroatoms. The summed E-state index contributed by atoms with van der Waals surface area (Å²) in [6, 6.07) is 6.66. The van der Waals surface area contributed by atoms with E-state index in [1.54, 1.807) is 10.6 Å². The Balaban J connectivity index is 1.63. The number of fused-ring (bicyclic) bond motifs is 2. The lowest BCUT2D eigenvalue weighted by Crippen LogP contribution is -2.41. The summed E-state index contributed by atoms with van der Waals surface area (Å²) in [5.41, 5.74) is 2.19. The summed E-state index contributed by atoms with van der Waals surface area (Å²) in [5.74, 6) is -1.75. The molecule has 0 spiro atoms. The number of nitrogens with one attached hydrogen (secondary N) is 1. The van der Waals surface area contributed by atoms with Gasteiger partial charge in [-0.25, -0.2) is 14.5 Å². The number of halogens is 3. The lowest BCUT2D eigenvalue weighted by molar-refractivity contribution is -0.141. The van der Waals surface area contributed by atoms with Crippen molar-refractivity contribution in [1.82, 2.24) is 29.5 Å². The van der Waals surface area contributed by atoms with Crippen molar-refractivity contribution < 1.29 is 22.4 Å². The number of pyridine rings is 1. The Morgan fingerprint density at radius 1 is 1.30 bits per heavy atom. The van der Waals surface area contributed by atoms with Gasteiger partial charge in [0.05, 0.1) is 23.2 Å². The van der Waals surface area contributed by atoms with Gasteiger partial charge in [-0.15, -0.1) is 0 Å². The Labute approximate surface area is 167 Å². The van der Waals surface area contributed by atoms with Gasteiger partial charge in [-0.1, -0.05) is 6.07 Å². The van der Waals surface area contributed by atoms with Crippen LogP contribution in [0.3, 0.4) is 0 Å². The molecule has 0 saturated carbocycles. The van der Waals surface area contributed by atoms with E-state index in [1.807, 2.05) is 25.1 Å². The maximum absolute atomic E-state index is 13.3. The van der Waals surface area contributed by atoms with Crippen LogP contribution in [0.4, 0.5) is 13.2 Å². The van der Waals surface area contributed by atoms with Crippen molar-refractivity contribution in [1.29, 1.82) is 0 Å². The minimum atomic E-state index is -4.80. The van der Waals surface area contributed by atoms with Crippen LogP contribution in [0.2, 0.25) is 0 Å². The van der Waals surface area contributed by atoms with Crippen LogP contribution < -0.4 is 0 Å². The van der Waals surface area contributed by atoms with E-state index in [4.69, 9.17) is 4.42 Å². The molecule has 1 aliphatic heterocycles. The van der Waals surface area contributed by atoms with Crippen molar-refractivity contribution in [3.63, 3.8) is 0 Å². The number of hydrogen-bond acceptors (Lipinski definition) is 5. The van der Waals surface area contributed by atoms with Gasteiger partial charge in [-0.3, -0.25) is 4.79 Å². The molecule has 0 radical (unpaired) electrons. The molecule has 0 aromatic carbocycles. The van der Waals surface area contributed by atoms with E-state index in [9.17, 15) is 18.0 Å². The number of oxazole rings is 1. The molecule has 1 atom stereocenters. The molecule has 1 aliphatic rings. The maximum Gasteiger partial charge on any atom is 0.437 e. The molecule has 0 aliphatic carbocycles. The van der Waals surface area contributed by atoms with Gasteiger partial charge in [0.2, 0.25) is 5.76 Å². The van der Waals surface area contributed by atoms with Crippen LogP contribution in [-0.4, -0.2) is 41.9 Å². The number of nitrogens with zero attached hydrogens (tertiary/aromatic N) is 5. The molecule has 0 fully saturated rings. The SMILES string of the molecule is Cc1cccc2cc(C3c4nc[nH]c4CCN3C(=O)c3ocnc3C(F)(F)F)nn12.